The maximum Gasteiger partial charge on any atom is 0.0314 e. The van der Waals surface area contributed by atoms with Gasteiger partial charge in [-0.2, -0.15) is 0 Å². The molecular formula is C15H20N2. The molecule has 2 aromatic carbocycles. The number of anilines is 1. The summed E-state index contributed by atoms with van der Waals surface area (Å²) in [6.07, 6.45) is 0. The van der Waals surface area contributed by atoms with Crippen LogP contribution in [0.1, 0.15) is 16.7 Å². The molecule has 0 aromatic heterocycles. The molecule has 2 nitrogen and oxygen atoms in total. The third kappa shape index (κ3) is 5.18. The molecular weight excluding hydrogens is 208 g/mol. The molecule has 0 radical (unpaired) electrons. The molecule has 0 saturated heterocycles. The molecule has 0 aliphatic heterocycles. The lowest BCUT2D eigenvalue weighted by Gasteiger charge is -1.94. The van der Waals surface area contributed by atoms with Crippen LogP contribution in [0.25, 0.3) is 0 Å². The van der Waals surface area contributed by atoms with Crippen LogP contribution in [0, 0.1) is 13.8 Å². The average Bonchev–Trinajstić information content (AvgIpc) is 2.35. The lowest BCUT2D eigenvalue weighted by atomic mass is 10.2. The van der Waals surface area contributed by atoms with Gasteiger partial charge in [-0.05, 0) is 31.5 Å². The van der Waals surface area contributed by atoms with Crippen molar-refractivity contribution in [2.75, 3.05) is 5.73 Å². The topological polar surface area (TPSA) is 52.0 Å². The Morgan fingerprint density at radius 3 is 1.53 bits per heavy atom. The Labute approximate surface area is 103 Å². The van der Waals surface area contributed by atoms with Crippen LogP contribution < -0.4 is 11.5 Å². The molecule has 0 aliphatic rings. The van der Waals surface area contributed by atoms with Crippen LogP contribution in [0.2, 0.25) is 0 Å². The third-order valence-corrected chi connectivity index (χ3v) is 2.43. The number of hydrogen-bond donors (Lipinski definition) is 2. The van der Waals surface area contributed by atoms with E-state index in [9.17, 15) is 0 Å². The van der Waals surface area contributed by atoms with Crippen LogP contribution in [0.4, 0.5) is 5.69 Å². The van der Waals surface area contributed by atoms with Crippen LogP contribution in [-0.2, 0) is 6.54 Å². The number of benzene rings is 2. The Balaban J connectivity index is 0.000000171. The predicted molar refractivity (Wildman–Crippen MR) is 74.7 cm³/mol. The first kappa shape index (κ1) is 13.3. The second kappa shape index (κ2) is 6.71. The van der Waals surface area contributed by atoms with Gasteiger partial charge in [-0.3, -0.25) is 0 Å². The summed E-state index contributed by atoms with van der Waals surface area (Å²) in [5, 5.41) is 0. The summed E-state index contributed by atoms with van der Waals surface area (Å²) in [7, 11) is 0. The monoisotopic (exact) mass is 228 g/mol. The fraction of sp³-hybridized carbons (Fsp3) is 0.200. The lowest BCUT2D eigenvalue weighted by molar-refractivity contribution is 1.07. The smallest absolute Gasteiger partial charge is 0.0314 e. The highest BCUT2D eigenvalue weighted by Gasteiger charge is 1.85. The van der Waals surface area contributed by atoms with Gasteiger partial charge >= 0.3 is 0 Å². The number of rotatable bonds is 1. The van der Waals surface area contributed by atoms with E-state index in [2.05, 4.69) is 31.2 Å². The van der Waals surface area contributed by atoms with Crippen molar-refractivity contribution in [2.24, 2.45) is 5.73 Å². The van der Waals surface area contributed by atoms with Crippen molar-refractivity contribution in [3.63, 3.8) is 0 Å². The fourth-order valence-electron chi connectivity index (χ4n) is 1.29. The molecule has 0 amide bonds. The molecule has 2 aromatic rings. The minimum Gasteiger partial charge on any atom is -0.399 e. The van der Waals surface area contributed by atoms with Gasteiger partial charge in [-0.25, -0.2) is 0 Å². The van der Waals surface area contributed by atoms with E-state index in [1.54, 1.807) is 0 Å². The maximum atomic E-state index is 5.43. The highest BCUT2D eigenvalue weighted by atomic mass is 14.5. The first-order valence-corrected chi connectivity index (χ1v) is 5.69. The molecule has 0 atom stereocenters. The van der Waals surface area contributed by atoms with Gasteiger partial charge < -0.3 is 11.5 Å². The first-order valence-electron chi connectivity index (χ1n) is 5.69. The van der Waals surface area contributed by atoms with Crippen LogP contribution in [0.3, 0.4) is 0 Å². The van der Waals surface area contributed by atoms with Crippen molar-refractivity contribution in [3.8, 4) is 0 Å². The molecule has 0 saturated carbocycles. The van der Waals surface area contributed by atoms with Crippen molar-refractivity contribution in [2.45, 2.75) is 20.4 Å². The lowest BCUT2D eigenvalue weighted by Crippen LogP contribution is -1.94. The highest BCUT2D eigenvalue weighted by Crippen LogP contribution is 2.02. The van der Waals surface area contributed by atoms with E-state index in [4.69, 9.17) is 11.5 Å². The van der Waals surface area contributed by atoms with Crippen molar-refractivity contribution in [1.29, 1.82) is 0 Å². The van der Waals surface area contributed by atoms with Gasteiger partial charge in [-0.15, -0.1) is 0 Å². The summed E-state index contributed by atoms with van der Waals surface area (Å²) >= 11 is 0. The predicted octanol–water partition coefficient (Wildman–Crippen LogP) is 3.03. The number of aryl methyl sites for hydroxylation is 2. The minimum atomic E-state index is 0.639. The molecule has 0 fully saturated rings. The fourth-order valence-corrected chi connectivity index (χ4v) is 1.29. The quantitative estimate of drug-likeness (QED) is 0.737. The maximum absolute atomic E-state index is 5.43. The van der Waals surface area contributed by atoms with Crippen molar-refractivity contribution >= 4 is 5.69 Å². The first-order chi connectivity index (χ1) is 8.11. The standard InChI is InChI=1S/C8H11N.C7H9N/c1-7-2-4-8(6-9)5-3-7;1-6-2-4-7(8)5-3-6/h2-5H,6,9H2,1H3;2-5H,8H2,1H3. The Morgan fingerprint density at radius 2 is 1.18 bits per heavy atom. The van der Waals surface area contributed by atoms with Crippen LogP contribution in [0.15, 0.2) is 48.5 Å². The molecule has 0 bridgehead atoms. The van der Waals surface area contributed by atoms with Crippen LogP contribution in [-0.4, -0.2) is 0 Å². The largest absolute Gasteiger partial charge is 0.399 e. The second-order valence-electron chi connectivity index (χ2n) is 4.10. The molecule has 17 heavy (non-hydrogen) atoms. The highest BCUT2D eigenvalue weighted by molar-refractivity contribution is 5.38. The summed E-state index contributed by atoms with van der Waals surface area (Å²) in [5.41, 5.74) is 15.4. The molecule has 90 valence electrons. The van der Waals surface area contributed by atoms with Crippen molar-refractivity contribution < 1.29 is 0 Å². The normalized spacial score (nSPS) is 9.35. The summed E-state index contributed by atoms with van der Waals surface area (Å²) in [6.45, 7) is 4.75. The van der Waals surface area contributed by atoms with Gasteiger partial charge in [0.05, 0.1) is 0 Å². The van der Waals surface area contributed by atoms with Gasteiger partial charge in [0.25, 0.3) is 0 Å². The summed E-state index contributed by atoms with van der Waals surface area (Å²) in [4.78, 5) is 0. The number of nitrogens with two attached hydrogens (primary N) is 2. The molecule has 0 spiro atoms. The summed E-state index contributed by atoms with van der Waals surface area (Å²) < 4.78 is 0. The van der Waals surface area contributed by atoms with Gasteiger partial charge in [0.2, 0.25) is 0 Å². The van der Waals surface area contributed by atoms with E-state index >= 15 is 0 Å². The van der Waals surface area contributed by atoms with E-state index in [-0.39, 0.29) is 0 Å². The molecule has 0 aliphatic carbocycles. The Bertz CT molecular complexity index is 408. The third-order valence-electron chi connectivity index (χ3n) is 2.43. The zero-order valence-corrected chi connectivity index (χ0v) is 10.5. The van der Waals surface area contributed by atoms with E-state index < -0.39 is 0 Å². The Hall–Kier alpha value is -1.80. The van der Waals surface area contributed by atoms with E-state index in [1.165, 1.54) is 16.7 Å². The zero-order chi connectivity index (χ0) is 12.7. The number of nitrogen functional groups attached to an aromatic ring is 1. The minimum absolute atomic E-state index is 0.639. The van der Waals surface area contributed by atoms with Crippen molar-refractivity contribution in [3.05, 3.63) is 65.2 Å². The summed E-state index contributed by atoms with van der Waals surface area (Å²) in [5.74, 6) is 0. The number of hydrogen-bond acceptors (Lipinski definition) is 2. The molecule has 2 heteroatoms. The van der Waals surface area contributed by atoms with Gasteiger partial charge in [0.15, 0.2) is 0 Å². The summed E-state index contributed by atoms with van der Waals surface area (Å²) in [6, 6.07) is 16.0. The van der Waals surface area contributed by atoms with Gasteiger partial charge in [0.1, 0.15) is 0 Å². The average molecular weight is 228 g/mol. The zero-order valence-electron chi connectivity index (χ0n) is 10.5. The van der Waals surface area contributed by atoms with Gasteiger partial charge in [-0.1, -0.05) is 47.5 Å². The van der Waals surface area contributed by atoms with E-state index in [0.717, 1.165) is 5.69 Å². The van der Waals surface area contributed by atoms with Gasteiger partial charge in [0, 0.05) is 12.2 Å². The van der Waals surface area contributed by atoms with Crippen LogP contribution in [0.5, 0.6) is 0 Å². The Kier molecular flexibility index (Phi) is 5.24. The molecule has 4 N–H and O–H groups in total. The van der Waals surface area contributed by atoms with Crippen molar-refractivity contribution in [1.82, 2.24) is 0 Å². The van der Waals surface area contributed by atoms with E-state index in [0.29, 0.717) is 6.54 Å². The second-order valence-corrected chi connectivity index (χ2v) is 4.10. The SMILES string of the molecule is Cc1ccc(CN)cc1.Cc1ccc(N)cc1. The molecule has 0 heterocycles. The van der Waals surface area contributed by atoms with Crippen LogP contribution >= 0.6 is 0 Å². The molecule has 0 unspecified atom stereocenters. The Morgan fingerprint density at radius 1 is 0.765 bits per heavy atom. The van der Waals surface area contributed by atoms with E-state index in [1.807, 2.05) is 31.2 Å². The molecule has 2 rings (SSSR count).